The predicted molar refractivity (Wildman–Crippen MR) is 154 cm³/mol. The molecule has 7 nitrogen and oxygen atoms in total. The van der Waals surface area contributed by atoms with Gasteiger partial charge in [-0.1, -0.05) is 68.5 Å². The molecule has 1 atom stereocenters. The second kappa shape index (κ2) is 10.2. The van der Waals surface area contributed by atoms with Gasteiger partial charge in [0.1, 0.15) is 17.3 Å². The molecule has 0 saturated carbocycles. The summed E-state index contributed by atoms with van der Waals surface area (Å²) in [6.07, 6.45) is 0. The molecule has 0 spiro atoms. The van der Waals surface area contributed by atoms with Crippen molar-refractivity contribution in [3.8, 4) is 11.5 Å². The molecule has 200 valence electrons. The summed E-state index contributed by atoms with van der Waals surface area (Å²) in [5.74, 6) is -0.549. The summed E-state index contributed by atoms with van der Waals surface area (Å²) in [5, 5.41) is 11.8. The Morgan fingerprint density at radius 2 is 1.77 bits per heavy atom. The van der Waals surface area contributed by atoms with Gasteiger partial charge >= 0.3 is 5.91 Å². The highest BCUT2D eigenvalue weighted by molar-refractivity contribution is 7.22. The van der Waals surface area contributed by atoms with Crippen LogP contribution in [-0.2, 0) is 15.0 Å². The Kier molecular flexibility index (Phi) is 6.91. The lowest BCUT2D eigenvalue weighted by molar-refractivity contribution is -0.132. The van der Waals surface area contributed by atoms with Crippen molar-refractivity contribution >= 4 is 44.1 Å². The molecule has 1 unspecified atom stereocenters. The lowest BCUT2D eigenvalue weighted by Gasteiger charge is -2.24. The average molecular weight is 543 g/mol. The Balaban J connectivity index is 1.69. The van der Waals surface area contributed by atoms with Crippen molar-refractivity contribution in [2.75, 3.05) is 18.6 Å². The molecule has 1 aromatic heterocycles. The van der Waals surface area contributed by atoms with E-state index in [1.165, 1.54) is 23.3 Å². The topological polar surface area (TPSA) is 89.0 Å². The standard InChI is InChI=1S/C31H30N2O5S/c1-6-38-22-14-15-23-24(17-22)39-30(32-23)33-26(18-10-12-20(13-11-18)31(2,3)4)25(28(35)29(33)36)27(34)19-8-7-9-21(16-19)37-5/h7-17,26,34H,6H2,1-5H3/b27-25+. The van der Waals surface area contributed by atoms with Crippen LogP contribution in [0.5, 0.6) is 11.5 Å². The zero-order valence-electron chi connectivity index (χ0n) is 22.5. The number of ketones is 1. The fourth-order valence-electron chi connectivity index (χ4n) is 4.69. The Morgan fingerprint density at radius 1 is 1.03 bits per heavy atom. The van der Waals surface area contributed by atoms with E-state index in [1.54, 1.807) is 24.3 Å². The lowest BCUT2D eigenvalue weighted by Crippen LogP contribution is -2.29. The third kappa shape index (κ3) is 4.88. The number of nitrogens with zero attached hydrogens (tertiary/aromatic N) is 2. The Bertz CT molecular complexity index is 1600. The maximum Gasteiger partial charge on any atom is 0.301 e. The average Bonchev–Trinajstić information content (AvgIpc) is 3.45. The van der Waals surface area contributed by atoms with E-state index in [-0.39, 0.29) is 16.7 Å². The molecule has 1 fully saturated rings. The van der Waals surface area contributed by atoms with Crippen LogP contribution < -0.4 is 14.4 Å². The molecule has 1 amide bonds. The van der Waals surface area contributed by atoms with Gasteiger partial charge in [0.05, 0.1) is 35.5 Å². The number of carbonyl (C=O) groups is 2. The number of Topliss-reactive ketones (excluding diaryl/α,β-unsaturated/α-hetero) is 1. The Labute approximate surface area is 231 Å². The van der Waals surface area contributed by atoms with Crippen molar-refractivity contribution in [1.29, 1.82) is 0 Å². The molecule has 1 N–H and O–H groups in total. The van der Waals surface area contributed by atoms with Crippen LogP contribution in [0.2, 0.25) is 0 Å². The summed E-state index contributed by atoms with van der Waals surface area (Å²) in [4.78, 5) is 33.2. The van der Waals surface area contributed by atoms with Crippen molar-refractivity contribution in [3.05, 3.63) is 89.0 Å². The monoisotopic (exact) mass is 542 g/mol. The van der Waals surface area contributed by atoms with Crippen molar-refractivity contribution in [2.45, 2.75) is 39.2 Å². The van der Waals surface area contributed by atoms with Crippen LogP contribution in [0.3, 0.4) is 0 Å². The Morgan fingerprint density at radius 3 is 2.44 bits per heavy atom. The van der Waals surface area contributed by atoms with Crippen LogP contribution in [0.1, 0.15) is 50.4 Å². The number of benzene rings is 3. The number of hydrogen-bond donors (Lipinski definition) is 1. The number of carbonyl (C=O) groups excluding carboxylic acids is 2. The molecule has 4 aromatic rings. The third-order valence-electron chi connectivity index (χ3n) is 6.75. The van der Waals surface area contributed by atoms with Crippen LogP contribution in [-0.4, -0.2) is 35.5 Å². The number of aliphatic hydroxyl groups is 1. The first-order valence-corrected chi connectivity index (χ1v) is 13.5. The number of methoxy groups -OCH3 is 1. The van der Waals surface area contributed by atoms with E-state index in [0.29, 0.717) is 39.9 Å². The number of amides is 1. The minimum absolute atomic E-state index is 0.00558. The highest BCUT2D eigenvalue weighted by atomic mass is 32.1. The fourth-order valence-corrected chi connectivity index (χ4v) is 5.71. The molecule has 1 saturated heterocycles. The fraction of sp³-hybridized carbons (Fsp3) is 0.258. The van der Waals surface area contributed by atoms with Crippen LogP contribution in [0.25, 0.3) is 16.0 Å². The van der Waals surface area contributed by atoms with E-state index in [2.05, 4.69) is 20.8 Å². The van der Waals surface area contributed by atoms with Crippen molar-refractivity contribution in [2.24, 2.45) is 0 Å². The SMILES string of the molecule is CCOc1ccc2nc(N3C(=O)C(=O)/C(=C(/O)c4cccc(OC)c4)C3c3ccc(C(C)(C)C)cc3)sc2c1. The van der Waals surface area contributed by atoms with Gasteiger partial charge in [-0.05, 0) is 53.8 Å². The minimum atomic E-state index is -0.864. The molecular formula is C31H30N2O5S. The normalized spacial score (nSPS) is 17.2. The summed E-state index contributed by atoms with van der Waals surface area (Å²) in [6.45, 7) is 8.80. The maximum atomic E-state index is 13.6. The van der Waals surface area contributed by atoms with Crippen molar-refractivity contribution < 1.29 is 24.2 Å². The zero-order chi connectivity index (χ0) is 27.9. The van der Waals surface area contributed by atoms with E-state index >= 15 is 0 Å². The van der Waals surface area contributed by atoms with Gasteiger partial charge in [0.25, 0.3) is 5.78 Å². The summed E-state index contributed by atoms with van der Waals surface area (Å²) in [6, 6.07) is 19.3. The molecule has 3 aromatic carbocycles. The first kappa shape index (κ1) is 26.4. The molecule has 0 bridgehead atoms. The van der Waals surface area contributed by atoms with Gasteiger partial charge in [0, 0.05) is 5.56 Å². The number of aromatic nitrogens is 1. The van der Waals surface area contributed by atoms with Gasteiger partial charge in [-0.2, -0.15) is 0 Å². The lowest BCUT2D eigenvalue weighted by atomic mass is 9.85. The summed E-state index contributed by atoms with van der Waals surface area (Å²) in [5.41, 5.74) is 2.81. The van der Waals surface area contributed by atoms with E-state index in [4.69, 9.17) is 14.5 Å². The first-order valence-electron chi connectivity index (χ1n) is 12.7. The molecule has 1 aliphatic heterocycles. The van der Waals surface area contributed by atoms with Gasteiger partial charge in [0.2, 0.25) is 0 Å². The van der Waals surface area contributed by atoms with Crippen LogP contribution >= 0.6 is 11.3 Å². The van der Waals surface area contributed by atoms with Gasteiger partial charge in [-0.25, -0.2) is 4.98 Å². The maximum absolute atomic E-state index is 13.6. The second-order valence-corrected chi connectivity index (χ2v) is 11.3. The van der Waals surface area contributed by atoms with E-state index in [1.807, 2.05) is 49.4 Å². The van der Waals surface area contributed by atoms with Gasteiger partial charge < -0.3 is 14.6 Å². The van der Waals surface area contributed by atoms with Crippen LogP contribution in [0, 0.1) is 0 Å². The molecule has 1 aliphatic rings. The summed E-state index contributed by atoms with van der Waals surface area (Å²) >= 11 is 1.30. The quantitative estimate of drug-likeness (QED) is 0.167. The molecule has 0 aliphatic carbocycles. The van der Waals surface area contributed by atoms with Crippen molar-refractivity contribution in [3.63, 3.8) is 0 Å². The number of anilines is 1. The van der Waals surface area contributed by atoms with Crippen LogP contribution in [0.15, 0.2) is 72.3 Å². The van der Waals surface area contributed by atoms with Gasteiger partial charge in [0.15, 0.2) is 5.13 Å². The molecule has 8 heteroatoms. The number of ether oxygens (including phenoxy) is 2. The molecular weight excluding hydrogens is 512 g/mol. The largest absolute Gasteiger partial charge is 0.507 e. The van der Waals surface area contributed by atoms with Gasteiger partial charge in [-0.3, -0.25) is 14.5 Å². The highest BCUT2D eigenvalue weighted by Crippen LogP contribution is 2.45. The number of rotatable bonds is 6. The van der Waals surface area contributed by atoms with Gasteiger partial charge in [-0.15, -0.1) is 0 Å². The van der Waals surface area contributed by atoms with E-state index in [9.17, 15) is 14.7 Å². The summed E-state index contributed by atoms with van der Waals surface area (Å²) in [7, 11) is 1.53. The number of fused-ring (bicyclic) bond motifs is 1. The zero-order valence-corrected chi connectivity index (χ0v) is 23.3. The smallest absolute Gasteiger partial charge is 0.301 e. The molecule has 5 rings (SSSR count). The van der Waals surface area contributed by atoms with Crippen molar-refractivity contribution in [1.82, 2.24) is 4.98 Å². The second-order valence-electron chi connectivity index (χ2n) is 10.3. The minimum Gasteiger partial charge on any atom is -0.507 e. The van der Waals surface area contributed by atoms with Crippen LogP contribution in [0.4, 0.5) is 5.13 Å². The Hall–Kier alpha value is -4.17. The number of thiazole rings is 1. The van der Waals surface area contributed by atoms with E-state index in [0.717, 1.165) is 10.3 Å². The number of hydrogen-bond acceptors (Lipinski definition) is 7. The molecule has 39 heavy (non-hydrogen) atoms. The highest BCUT2D eigenvalue weighted by Gasteiger charge is 2.48. The number of aliphatic hydroxyl groups excluding tert-OH is 1. The summed E-state index contributed by atoms with van der Waals surface area (Å²) < 4.78 is 11.8. The molecule has 2 heterocycles. The predicted octanol–water partition coefficient (Wildman–Crippen LogP) is 6.63. The van der Waals surface area contributed by atoms with E-state index < -0.39 is 17.7 Å². The molecule has 0 radical (unpaired) electrons. The third-order valence-corrected chi connectivity index (χ3v) is 7.76. The first-order chi connectivity index (χ1) is 18.6.